The normalized spacial score (nSPS) is 10.8. The van der Waals surface area contributed by atoms with Crippen LogP contribution in [0.15, 0.2) is 24.5 Å². The lowest BCUT2D eigenvalue weighted by atomic mass is 10.2. The van der Waals surface area contributed by atoms with Crippen LogP contribution in [0.25, 0.3) is 11.0 Å². The number of hydrogen-bond acceptors (Lipinski definition) is 3. The van der Waals surface area contributed by atoms with Gasteiger partial charge in [-0.05, 0) is 19.1 Å². The van der Waals surface area contributed by atoms with Crippen molar-refractivity contribution in [2.75, 3.05) is 13.6 Å². The van der Waals surface area contributed by atoms with E-state index in [-0.39, 0.29) is 19.1 Å². The molecule has 0 aliphatic rings. The maximum absolute atomic E-state index is 11.9. The Morgan fingerprint density at radius 2 is 2.33 bits per heavy atom. The lowest BCUT2D eigenvalue weighted by Gasteiger charge is -2.14. The van der Waals surface area contributed by atoms with Crippen LogP contribution in [-0.2, 0) is 17.9 Å². The number of nitrogens with zero attached hydrogens (tertiary/aromatic N) is 3. The number of aromatic nitrogens is 2. The Balaban J connectivity index is 2.36. The van der Waals surface area contributed by atoms with Crippen molar-refractivity contribution in [3.05, 3.63) is 30.1 Å². The molecule has 2 aromatic rings. The lowest BCUT2D eigenvalue weighted by molar-refractivity contribution is -0.130. The molecule has 0 radical (unpaired) electrons. The van der Waals surface area contributed by atoms with Crippen molar-refractivity contribution in [1.82, 2.24) is 14.5 Å². The van der Waals surface area contributed by atoms with Crippen LogP contribution in [0, 0.1) is 0 Å². The first-order valence-electron chi connectivity index (χ1n) is 5.95. The molecule has 5 nitrogen and oxygen atoms in total. The minimum Gasteiger partial charge on any atom is -0.392 e. The van der Waals surface area contributed by atoms with Crippen LogP contribution in [0.2, 0.25) is 0 Å². The number of amides is 1. The van der Waals surface area contributed by atoms with Gasteiger partial charge in [0, 0.05) is 36.9 Å². The van der Waals surface area contributed by atoms with Crippen LogP contribution in [0.5, 0.6) is 0 Å². The molecule has 1 N–H and O–H groups in total. The van der Waals surface area contributed by atoms with E-state index in [4.69, 9.17) is 0 Å². The second-order valence-electron chi connectivity index (χ2n) is 4.22. The van der Waals surface area contributed by atoms with Crippen LogP contribution in [0.3, 0.4) is 0 Å². The number of hydrogen-bond donors (Lipinski definition) is 1. The number of fused-ring (bicyclic) bond motifs is 1. The zero-order valence-corrected chi connectivity index (χ0v) is 10.6. The van der Waals surface area contributed by atoms with Gasteiger partial charge < -0.3 is 14.6 Å². The summed E-state index contributed by atoms with van der Waals surface area (Å²) in [4.78, 5) is 17.8. The topological polar surface area (TPSA) is 58.4 Å². The Bertz CT molecular complexity index is 562. The summed E-state index contributed by atoms with van der Waals surface area (Å²) in [5.41, 5.74) is 1.53. The van der Waals surface area contributed by atoms with Crippen LogP contribution < -0.4 is 0 Å². The summed E-state index contributed by atoms with van der Waals surface area (Å²) in [6, 6.07) is 3.73. The van der Waals surface area contributed by atoms with Crippen molar-refractivity contribution in [3.63, 3.8) is 0 Å². The molecule has 2 aromatic heterocycles. The van der Waals surface area contributed by atoms with Crippen molar-refractivity contribution >= 4 is 16.9 Å². The van der Waals surface area contributed by atoms with Gasteiger partial charge >= 0.3 is 0 Å². The molecule has 0 fully saturated rings. The molecule has 0 saturated carbocycles. The van der Waals surface area contributed by atoms with Crippen molar-refractivity contribution in [3.8, 4) is 0 Å². The van der Waals surface area contributed by atoms with Gasteiger partial charge in [-0.1, -0.05) is 0 Å². The molecule has 0 aliphatic heterocycles. The molecule has 96 valence electrons. The molecule has 0 atom stereocenters. The first kappa shape index (κ1) is 12.6. The van der Waals surface area contributed by atoms with Gasteiger partial charge in [0.15, 0.2) is 0 Å². The summed E-state index contributed by atoms with van der Waals surface area (Å²) in [6.45, 7) is 2.81. The number of rotatable bonds is 4. The van der Waals surface area contributed by atoms with Gasteiger partial charge in [0.2, 0.25) is 5.91 Å². The predicted octanol–water partition coefficient (Wildman–Crippen LogP) is 1.01. The van der Waals surface area contributed by atoms with Crippen LogP contribution >= 0.6 is 0 Å². The second kappa shape index (κ2) is 5.18. The SMILES string of the molecule is CCN(C)C(=O)Cn1cc(CO)c2cccnc21. The zero-order valence-electron chi connectivity index (χ0n) is 10.6. The minimum absolute atomic E-state index is 0.0320. The van der Waals surface area contributed by atoms with Crippen LogP contribution in [0.1, 0.15) is 12.5 Å². The van der Waals surface area contributed by atoms with E-state index >= 15 is 0 Å². The highest BCUT2D eigenvalue weighted by molar-refractivity contribution is 5.83. The molecule has 2 heterocycles. The number of aliphatic hydroxyl groups is 1. The third-order valence-electron chi connectivity index (χ3n) is 3.09. The summed E-state index contributed by atoms with van der Waals surface area (Å²) < 4.78 is 1.79. The Hall–Kier alpha value is -1.88. The first-order chi connectivity index (χ1) is 8.67. The van der Waals surface area contributed by atoms with E-state index in [1.165, 1.54) is 0 Å². The Morgan fingerprint density at radius 3 is 3.00 bits per heavy atom. The highest BCUT2D eigenvalue weighted by Gasteiger charge is 2.13. The molecule has 0 unspecified atom stereocenters. The molecule has 0 aliphatic carbocycles. The molecule has 2 rings (SSSR count). The highest BCUT2D eigenvalue weighted by atomic mass is 16.3. The Kier molecular flexibility index (Phi) is 3.62. The summed E-state index contributed by atoms with van der Waals surface area (Å²) in [7, 11) is 1.77. The quantitative estimate of drug-likeness (QED) is 0.877. The van der Waals surface area contributed by atoms with E-state index in [1.54, 1.807) is 28.9 Å². The smallest absolute Gasteiger partial charge is 0.242 e. The maximum Gasteiger partial charge on any atom is 0.242 e. The van der Waals surface area contributed by atoms with E-state index in [1.807, 2.05) is 19.1 Å². The molecular formula is C13H17N3O2. The van der Waals surface area contributed by atoms with Crippen LogP contribution in [0.4, 0.5) is 0 Å². The lowest BCUT2D eigenvalue weighted by Crippen LogP contribution is -2.29. The average Bonchev–Trinajstić information content (AvgIpc) is 2.76. The van der Waals surface area contributed by atoms with Gasteiger partial charge in [0.1, 0.15) is 12.2 Å². The monoisotopic (exact) mass is 247 g/mol. The average molecular weight is 247 g/mol. The molecule has 18 heavy (non-hydrogen) atoms. The standard InChI is InChI=1S/C13H17N3O2/c1-3-15(2)12(18)8-16-7-10(9-17)11-5-4-6-14-13(11)16/h4-7,17H,3,8-9H2,1-2H3. The number of aliphatic hydroxyl groups excluding tert-OH is 1. The van der Waals surface area contributed by atoms with Gasteiger partial charge in [-0.25, -0.2) is 4.98 Å². The number of likely N-dealkylation sites (N-methyl/N-ethyl adjacent to an activating group) is 1. The fourth-order valence-corrected chi connectivity index (χ4v) is 1.88. The maximum atomic E-state index is 11.9. The van der Waals surface area contributed by atoms with Gasteiger partial charge in [0.05, 0.1) is 6.61 Å². The summed E-state index contributed by atoms with van der Waals surface area (Å²) >= 11 is 0. The Morgan fingerprint density at radius 1 is 1.56 bits per heavy atom. The van der Waals surface area contributed by atoms with Crippen molar-refractivity contribution in [2.45, 2.75) is 20.1 Å². The molecule has 0 aromatic carbocycles. The number of carbonyl (C=O) groups excluding carboxylic acids is 1. The van der Waals surface area contributed by atoms with Gasteiger partial charge in [-0.3, -0.25) is 4.79 Å². The summed E-state index contributed by atoms with van der Waals surface area (Å²) in [5.74, 6) is 0.0320. The largest absolute Gasteiger partial charge is 0.392 e. The zero-order chi connectivity index (χ0) is 13.1. The number of pyridine rings is 1. The molecule has 0 bridgehead atoms. The number of carbonyl (C=O) groups is 1. The van der Waals surface area contributed by atoms with E-state index in [2.05, 4.69) is 4.98 Å². The van der Waals surface area contributed by atoms with Crippen LogP contribution in [-0.4, -0.2) is 39.1 Å². The predicted molar refractivity (Wildman–Crippen MR) is 69.0 cm³/mol. The second-order valence-corrected chi connectivity index (χ2v) is 4.22. The minimum atomic E-state index is -0.0486. The molecule has 1 amide bonds. The van der Waals surface area contributed by atoms with E-state index in [0.29, 0.717) is 6.54 Å². The fourth-order valence-electron chi connectivity index (χ4n) is 1.88. The van der Waals surface area contributed by atoms with Crippen molar-refractivity contribution in [1.29, 1.82) is 0 Å². The van der Waals surface area contributed by atoms with E-state index in [0.717, 1.165) is 16.6 Å². The molecule has 5 heteroatoms. The molecule has 0 spiro atoms. The van der Waals surface area contributed by atoms with Gasteiger partial charge in [-0.15, -0.1) is 0 Å². The highest BCUT2D eigenvalue weighted by Crippen LogP contribution is 2.19. The third-order valence-corrected chi connectivity index (χ3v) is 3.09. The molecular weight excluding hydrogens is 230 g/mol. The van der Waals surface area contributed by atoms with E-state index in [9.17, 15) is 9.90 Å². The van der Waals surface area contributed by atoms with Crippen molar-refractivity contribution in [2.24, 2.45) is 0 Å². The third kappa shape index (κ3) is 2.22. The summed E-state index contributed by atoms with van der Waals surface area (Å²) in [6.07, 6.45) is 3.48. The van der Waals surface area contributed by atoms with Gasteiger partial charge in [0.25, 0.3) is 0 Å². The van der Waals surface area contributed by atoms with E-state index < -0.39 is 0 Å². The first-order valence-corrected chi connectivity index (χ1v) is 5.95. The summed E-state index contributed by atoms with van der Waals surface area (Å²) in [5, 5.41) is 10.2. The fraction of sp³-hybridized carbons (Fsp3) is 0.385. The van der Waals surface area contributed by atoms with Gasteiger partial charge in [-0.2, -0.15) is 0 Å². The molecule has 0 saturated heterocycles. The Labute approximate surface area is 106 Å². The van der Waals surface area contributed by atoms with Crippen molar-refractivity contribution < 1.29 is 9.90 Å².